The van der Waals surface area contributed by atoms with Crippen molar-refractivity contribution >= 4 is 0 Å². The summed E-state index contributed by atoms with van der Waals surface area (Å²) in [4.78, 5) is 0. The van der Waals surface area contributed by atoms with Crippen molar-refractivity contribution in [3.63, 3.8) is 0 Å². The van der Waals surface area contributed by atoms with Crippen molar-refractivity contribution in [1.29, 1.82) is 0 Å². The summed E-state index contributed by atoms with van der Waals surface area (Å²) in [5.74, 6) is 5.65. The molecule has 0 aromatic heterocycles. The first-order valence-corrected chi connectivity index (χ1v) is 13.3. The highest BCUT2D eigenvalue weighted by molar-refractivity contribution is 5.17. The van der Waals surface area contributed by atoms with E-state index in [9.17, 15) is 0 Å². The molecule has 0 aromatic rings. The van der Waals surface area contributed by atoms with Crippen LogP contribution in [0.4, 0.5) is 0 Å². The van der Waals surface area contributed by atoms with E-state index in [0.717, 1.165) is 35.5 Å². The summed E-state index contributed by atoms with van der Waals surface area (Å²) in [6.45, 7) is 14.4. The fraction of sp³-hybridized carbons (Fsp3) is 0.862. The third kappa shape index (κ3) is 8.63. The highest BCUT2D eigenvalue weighted by Gasteiger charge is 2.39. The summed E-state index contributed by atoms with van der Waals surface area (Å²) >= 11 is 0. The van der Waals surface area contributed by atoms with Crippen LogP contribution < -0.4 is 0 Å². The van der Waals surface area contributed by atoms with Crippen LogP contribution in [0, 0.1) is 35.5 Å². The van der Waals surface area contributed by atoms with Gasteiger partial charge < -0.3 is 0 Å². The molecule has 168 valence electrons. The third-order valence-electron chi connectivity index (χ3n) is 8.41. The highest BCUT2D eigenvalue weighted by Crippen LogP contribution is 2.51. The normalized spacial score (nSPS) is 26.1. The largest absolute Gasteiger partial charge is 0.0887 e. The van der Waals surface area contributed by atoms with E-state index in [1.165, 1.54) is 83.5 Å². The van der Waals surface area contributed by atoms with Gasteiger partial charge in [-0.3, -0.25) is 0 Å². The van der Waals surface area contributed by atoms with E-state index >= 15 is 0 Å². The lowest BCUT2D eigenvalue weighted by atomic mass is 9.76. The maximum Gasteiger partial charge on any atom is -0.0172 e. The molecule has 1 saturated carbocycles. The van der Waals surface area contributed by atoms with E-state index in [2.05, 4.69) is 53.7 Å². The van der Waals surface area contributed by atoms with Crippen LogP contribution in [0.15, 0.2) is 23.3 Å². The SMILES string of the molecule is CC=C(C)CC(CC)CC(CCC(C)CCC)C(C)CCC1=CCCCC2CC12. The molecule has 0 heterocycles. The zero-order chi connectivity index (χ0) is 21.2. The summed E-state index contributed by atoms with van der Waals surface area (Å²) in [5, 5.41) is 0. The predicted octanol–water partition coefficient (Wildman–Crippen LogP) is 9.75. The minimum Gasteiger partial charge on any atom is -0.0887 e. The molecular formula is C29H52. The molecule has 29 heavy (non-hydrogen) atoms. The number of hydrogen-bond donors (Lipinski definition) is 0. The van der Waals surface area contributed by atoms with Gasteiger partial charge in [0.25, 0.3) is 0 Å². The minimum absolute atomic E-state index is 0.880. The Kier molecular flexibility index (Phi) is 11.1. The van der Waals surface area contributed by atoms with Gasteiger partial charge in [-0.2, -0.15) is 0 Å². The molecule has 0 heteroatoms. The quantitative estimate of drug-likeness (QED) is 0.254. The van der Waals surface area contributed by atoms with Gasteiger partial charge in [-0.1, -0.05) is 76.7 Å². The fourth-order valence-electron chi connectivity index (χ4n) is 5.92. The molecular weight excluding hydrogens is 348 g/mol. The van der Waals surface area contributed by atoms with Crippen LogP contribution in [0.25, 0.3) is 0 Å². The van der Waals surface area contributed by atoms with Crippen molar-refractivity contribution in [2.75, 3.05) is 0 Å². The summed E-state index contributed by atoms with van der Waals surface area (Å²) in [5.41, 5.74) is 3.44. The second kappa shape index (κ2) is 13.0. The van der Waals surface area contributed by atoms with Gasteiger partial charge in [-0.05, 0) is 107 Å². The molecule has 0 bridgehead atoms. The standard InChI is InChI=1S/C29H52/c1-7-12-23(5)15-17-27(20-25(9-3)19-22(4)8-2)24(6)16-18-26-13-10-11-14-28-21-29(26)28/h8,13,23-25,27-29H,7,9-12,14-21H2,1-6H3. The molecule has 0 spiro atoms. The number of hydrogen-bond acceptors (Lipinski definition) is 0. The molecule has 2 aliphatic carbocycles. The maximum absolute atomic E-state index is 2.65. The Morgan fingerprint density at radius 1 is 1.14 bits per heavy atom. The molecule has 0 radical (unpaired) electrons. The van der Waals surface area contributed by atoms with Crippen LogP contribution in [0.5, 0.6) is 0 Å². The topological polar surface area (TPSA) is 0 Å². The molecule has 1 fully saturated rings. The zero-order valence-electron chi connectivity index (χ0n) is 20.8. The van der Waals surface area contributed by atoms with E-state index < -0.39 is 0 Å². The van der Waals surface area contributed by atoms with Crippen LogP contribution in [-0.4, -0.2) is 0 Å². The van der Waals surface area contributed by atoms with Crippen LogP contribution in [0.3, 0.4) is 0 Å². The monoisotopic (exact) mass is 400 g/mol. The van der Waals surface area contributed by atoms with E-state index in [1.807, 2.05) is 5.57 Å². The first-order chi connectivity index (χ1) is 14.0. The third-order valence-corrected chi connectivity index (χ3v) is 8.41. The molecule has 0 amide bonds. The van der Waals surface area contributed by atoms with Crippen LogP contribution in [-0.2, 0) is 0 Å². The molecule has 0 N–H and O–H groups in total. The molecule has 0 nitrogen and oxygen atoms in total. The lowest BCUT2D eigenvalue weighted by molar-refractivity contribution is 0.232. The van der Waals surface area contributed by atoms with Gasteiger partial charge in [0.1, 0.15) is 0 Å². The number of allylic oxidation sites excluding steroid dienone is 4. The van der Waals surface area contributed by atoms with E-state index in [4.69, 9.17) is 0 Å². The van der Waals surface area contributed by atoms with E-state index in [0.29, 0.717) is 0 Å². The first-order valence-electron chi connectivity index (χ1n) is 13.3. The minimum atomic E-state index is 0.880. The molecule has 0 aliphatic heterocycles. The maximum atomic E-state index is 2.65. The predicted molar refractivity (Wildman–Crippen MR) is 131 cm³/mol. The lowest BCUT2D eigenvalue weighted by Crippen LogP contribution is -2.18. The summed E-state index contributed by atoms with van der Waals surface area (Å²) < 4.78 is 0. The molecule has 2 aliphatic rings. The molecule has 6 atom stereocenters. The fourth-order valence-corrected chi connectivity index (χ4v) is 5.92. The Labute approximate surface area is 184 Å². The second-order valence-corrected chi connectivity index (χ2v) is 10.9. The smallest absolute Gasteiger partial charge is 0.0172 e. The number of fused-ring (bicyclic) bond motifs is 1. The zero-order valence-corrected chi connectivity index (χ0v) is 20.8. The molecule has 6 unspecified atom stereocenters. The van der Waals surface area contributed by atoms with Gasteiger partial charge in [-0.25, -0.2) is 0 Å². The van der Waals surface area contributed by atoms with Gasteiger partial charge in [-0.15, -0.1) is 0 Å². The van der Waals surface area contributed by atoms with Crippen molar-refractivity contribution in [1.82, 2.24) is 0 Å². The van der Waals surface area contributed by atoms with E-state index in [-0.39, 0.29) is 0 Å². The Morgan fingerprint density at radius 3 is 2.62 bits per heavy atom. The molecule has 2 rings (SSSR count). The van der Waals surface area contributed by atoms with Gasteiger partial charge in [0.05, 0.1) is 0 Å². The van der Waals surface area contributed by atoms with Gasteiger partial charge in [0, 0.05) is 0 Å². The van der Waals surface area contributed by atoms with Crippen molar-refractivity contribution in [2.24, 2.45) is 35.5 Å². The summed E-state index contributed by atoms with van der Waals surface area (Å²) in [6.07, 6.45) is 23.4. The van der Waals surface area contributed by atoms with Crippen molar-refractivity contribution in [2.45, 2.75) is 125 Å². The Bertz CT molecular complexity index is 510. The van der Waals surface area contributed by atoms with Crippen LogP contribution >= 0.6 is 0 Å². The first kappa shape index (κ1) is 24.7. The average molecular weight is 401 g/mol. The Balaban J connectivity index is 1.93. The van der Waals surface area contributed by atoms with E-state index in [1.54, 1.807) is 5.57 Å². The highest BCUT2D eigenvalue weighted by atomic mass is 14.4. The second-order valence-electron chi connectivity index (χ2n) is 10.9. The summed E-state index contributed by atoms with van der Waals surface area (Å²) in [7, 11) is 0. The van der Waals surface area contributed by atoms with Crippen molar-refractivity contribution < 1.29 is 0 Å². The summed E-state index contributed by atoms with van der Waals surface area (Å²) in [6, 6.07) is 0. The van der Waals surface area contributed by atoms with Crippen LogP contribution in [0.2, 0.25) is 0 Å². The van der Waals surface area contributed by atoms with Gasteiger partial charge in [0.2, 0.25) is 0 Å². The van der Waals surface area contributed by atoms with Gasteiger partial charge >= 0.3 is 0 Å². The Hall–Kier alpha value is -0.520. The van der Waals surface area contributed by atoms with Crippen molar-refractivity contribution in [3.05, 3.63) is 23.3 Å². The molecule has 0 aromatic carbocycles. The number of rotatable bonds is 14. The Morgan fingerprint density at radius 2 is 1.93 bits per heavy atom. The van der Waals surface area contributed by atoms with Crippen molar-refractivity contribution in [3.8, 4) is 0 Å². The van der Waals surface area contributed by atoms with Crippen LogP contribution in [0.1, 0.15) is 125 Å². The lowest BCUT2D eigenvalue weighted by Gasteiger charge is -2.29. The average Bonchev–Trinajstić information content (AvgIpc) is 3.49. The van der Waals surface area contributed by atoms with Gasteiger partial charge in [0.15, 0.2) is 0 Å². The molecule has 0 saturated heterocycles.